The van der Waals surface area contributed by atoms with Gasteiger partial charge in [0.15, 0.2) is 0 Å². The van der Waals surface area contributed by atoms with Crippen molar-refractivity contribution in [2.24, 2.45) is 5.10 Å². The SMILES string of the molecule is O=C(C1CCCC2(CC2)N1C(=O)O)N1N=CCC1c1cc(F)cc(F)c1. The molecule has 1 aliphatic carbocycles. The zero-order chi connectivity index (χ0) is 18.5. The van der Waals surface area contributed by atoms with Crippen molar-refractivity contribution in [3.05, 3.63) is 35.4 Å². The highest BCUT2D eigenvalue weighted by atomic mass is 19.1. The lowest BCUT2D eigenvalue weighted by molar-refractivity contribution is -0.141. The highest BCUT2D eigenvalue weighted by molar-refractivity contribution is 5.88. The average molecular weight is 363 g/mol. The Morgan fingerprint density at radius 1 is 1.15 bits per heavy atom. The van der Waals surface area contributed by atoms with Gasteiger partial charge in [0, 0.05) is 24.2 Å². The van der Waals surface area contributed by atoms with Crippen LogP contribution in [0.25, 0.3) is 0 Å². The average Bonchev–Trinajstić information content (AvgIpc) is 3.16. The fourth-order valence-corrected chi connectivity index (χ4v) is 4.23. The largest absolute Gasteiger partial charge is 0.465 e. The molecule has 26 heavy (non-hydrogen) atoms. The molecular formula is C18H19F2N3O3. The second-order valence-electron chi connectivity index (χ2n) is 7.22. The summed E-state index contributed by atoms with van der Waals surface area (Å²) < 4.78 is 27.1. The van der Waals surface area contributed by atoms with Crippen molar-refractivity contribution >= 4 is 18.2 Å². The Morgan fingerprint density at radius 2 is 1.85 bits per heavy atom. The minimum absolute atomic E-state index is 0.312. The van der Waals surface area contributed by atoms with Crippen molar-refractivity contribution in [1.82, 2.24) is 9.91 Å². The van der Waals surface area contributed by atoms with Crippen LogP contribution in [0, 0.1) is 11.6 Å². The first kappa shape index (κ1) is 16.9. The van der Waals surface area contributed by atoms with E-state index in [0.717, 1.165) is 31.7 Å². The normalized spacial score (nSPS) is 26.4. The predicted molar refractivity (Wildman–Crippen MR) is 88.5 cm³/mol. The van der Waals surface area contributed by atoms with E-state index >= 15 is 0 Å². The van der Waals surface area contributed by atoms with Crippen molar-refractivity contribution in [1.29, 1.82) is 0 Å². The van der Waals surface area contributed by atoms with Gasteiger partial charge in [-0.2, -0.15) is 5.10 Å². The molecule has 2 fully saturated rings. The minimum Gasteiger partial charge on any atom is -0.465 e. The van der Waals surface area contributed by atoms with Gasteiger partial charge >= 0.3 is 6.09 Å². The van der Waals surface area contributed by atoms with E-state index in [1.54, 1.807) is 0 Å². The highest BCUT2D eigenvalue weighted by Crippen LogP contribution is 2.50. The molecule has 2 aliphatic heterocycles. The summed E-state index contributed by atoms with van der Waals surface area (Å²) in [4.78, 5) is 26.2. The van der Waals surface area contributed by atoms with Crippen LogP contribution in [0.2, 0.25) is 0 Å². The molecule has 2 amide bonds. The van der Waals surface area contributed by atoms with Crippen LogP contribution in [0.1, 0.15) is 50.1 Å². The number of hydrazone groups is 1. The molecule has 1 saturated carbocycles. The van der Waals surface area contributed by atoms with Crippen molar-refractivity contribution in [2.75, 3.05) is 0 Å². The molecule has 4 rings (SSSR count). The molecule has 6 nitrogen and oxygen atoms in total. The first-order valence-electron chi connectivity index (χ1n) is 8.75. The first-order valence-corrected chi connectivity index (χ1v) is 8.75. The van der Waals surface area contributed by atoms with Crippen LogP contribution in [0.15, 0.2) is 23.3 Å². The Hall–Kier alpha value is -2.51. The molecule has 1 spiro atoms. The lowest BCUT2D eigenvalue weighted by Gasteiger charge is -2.41. The quantitative estimate of drug-likeness (QED) is 0.876. The maximum Gasteiger partial charge on any atom is 0.408 e. The Labute approximate surface area is 149 Å². The summed E-state index contributed by atoms with van der Waals surface area (Å²) in [5.74, 6) is -1.87. The maximum absolute atomic E-state index is 13.6. The molecular weight excluding hydrogens is 344 g/mol. The summed E-state index contributed by atoms with van der Waals surface area (Å²) in [5.41, 5.74) is -0.110. The molecule has 1 aromatic carbocycles. The first-order chi connectivity index (χ1) is 12.4. The number of hydrogen-bond donors (Lipinski definition) is 1. The summed E-state index contributed by atoms with van der Waals surface area (Å²) in [6, 6.07) is 1.71. The fourth-order valence-electron chi connectivity index (χ4n) is 4.23. The topological polar surface area (TPSA) is 73.2 Å². The third kappa shape index (κ3) is 2.73. The van der Waals surface area contributed by atoms with Crippen molar-refractivity contribution < 1.29 is 23.5 Å². The Bertz CT molecular complexity index is 774. The number of carbonyl (C=O) groups is 2. The van der Waals surface area contributed by atoms with E-state index in [1.807, 2.05) is 0 Å². The number of benzene rings is 1. The van der Waals surface area contributed by atoms with Crippen molar-refractivity contribution in [3.8, 4) is 0 Å². The summed E-state index contributed by atoms with van der Waals surface area (Å²) >= 11 is 0. The van der Waals surface area contributed by atoms with Crippen molar-refractivity contribution in [3.63, 3.8) is 0 Å². The van der Waals surface area contributed by atoms with Gasteiger partial charge in [-0.05, 0) is 49.8 Å². The van der Waals surface area contributed by atoms with Gasteiger partial charge in [-0.1, -0.05) is 0 Å². The number of piperidine rings is 1. The number of halogens is 2. The molecule has 0 bridgehead atoms. The summed E-state index contributed by atoms with van der Waals surface area (Å²) in [6.45, 7) is 0. The number of rotatable bonds is 2. The molecule has 2 unspecified atom stereocenters. The summed E-state index contributed by atoms with van der Waals surface area (Å²) in [7, 11) is 0. The lowest BCUT2D eigenvalue weighted by atomic mass is 9.92. The molecule has 1 N–H and O–H groups in total. The number of likely N-dealkylation sites (tertiary alicyclic amines) is 1. The van der Waals surface area contributed by atoms with Gasteiger partial charge in [-0.25, -0.2) is 18.6 Å². The Morgan fingerprint density at radius 3 is 2.46 bits per heavy atom. The third-order valence-corrected chi connectivity index (χ3v) is 5.59. The minimum atomic E-state index is -1.10. The van der Waals surface area contributed by atoms with E-state index < -0.39 is 41.3 Å². The smallest absolute Gasteiger partial charge is 0.408 e. The number of amides is 2. The zero-order valence-electron chi connectivity index (χ0n) is 14.1. The highest BCUT2D eigenvalue weighted by Gasteiger charge is 2.56. The molecule has 2 heterocycles. The van der Waals surface area contributed by atoms with E-state index in [2.05, 4.69) is 5.10 Å². The van der Waals surface area contributed by atoms with Gasteiger partial charge in [-0.3, -0.25) is 9.69 Å². The van der Waals surface area contributed by atoms with Crippen LogP contribution in [-0.4, -0.2) is 44.8 Å². The molecule has 3 aliphatic rings. The van der Waals surface area contributed by atoms with Gasteiger partial charge in [-0.15, -0.1) is 0 Å². The predicted octanol–water partition coefficient (Wildman–Crippen LogP) is 3.29. The van der Waals surface area contributed by atoms with Crippen molar-refractivity contribution in [2.45, 2.75) is 56.1 Å². The van der Waals surface area contributed by atoms with E-state index in [9.17, 15) is 23.5 Å². The second kappa shape index (κ2) is 6.03. The molecule has 1 saturated heterocycles. The van der Waals surface area contributed by atoms with Gasteiger partial charge in [0.25, 0.3) is 5.91 Å². The van der Waals surface area contributed by atoms with Gasteiger partial charge < -0.3 is 5.11 Å². The number of hydrogen-bond acceptors (Lipinski definition) is 3. The van der Waals surface area contributed by atoms with Gasteiger partial charge in [0.05, 0.1) is 6.04 Å². The Balaban J connectivity index is 1.62. The van der Waals surface area contributed by atoms with E-state index in [1.165, 1.54) is 28.3 Å². The van der Waals surface area contributed by atoms with Crippen LogP contribution in [-0.2, 0) is 4.79 Å². The summed E-state index contributed by atoms with van der Waals surface area (Å²) in [5, 5.41) is 14.9. The molecule has 138 valence electrons. The standard InChI is InChI=1S/C18H19F2N3O3/c19-12-8-11(9-13(20)10-12)14-3-7-21-23(14)16(24)15-2-1-4-18(5-6-18)22(15)17(25)26/h7-10,14-15H,1-6H2,(H,25,26). The number of carboxylic acid groups (broad SMARTS) is 1. The van der Waals surface area contributed by atoms with Gasteiger partial charge in [0.1, 0.15) is 17.7 Å². The van der Waals surface area contributed by atoms with E-state index in [-0.39, 0.29) is 0 Å². The second-order valence-corrected chi connectivity index (χ2v) is 7.22. The van der Waals surface area contributed by atoms with Crippen LogP contribution in [0.3, 0.4) is 0 Å². The molecule has 1 aromatic rings. The maximum atomic E-state index is 13.6. The fraction of sp³-hybridized carbons (Fsp3) is 0.500. The molecule has 0 aromatic heterocycles. The molecule has 8 heteroatoms. The monoisotopic (exact) mass is 363 g/mol. The van der Waals surface area contributed by atoms with Crippen LogP contribution < -0.4 is 0 Å². The zero-order valence-corrected chi connectivity index (χ0v) is 14.1. The lowest BCUT2D eigenvalue weighted by Crippen LogP contribution is -2.57. The Kier molecular flexibility index (Phi) is 3.93. The third-order valence-electron chi connectivity index (χ3n) is 5.59. The van der Waals surface area contributed by atoms with E-state index in [0.29, 0.717) is 18.4 Å². The van der Waals surface area contributed by atoms with Crippen LogP contribution >= 0.6 is 0 Å². The van der Waals surface area contributed by atoms with Gasteiger partial charge in [0.2, 0.25) is 0 Å². The van der Waals surface area contributed by atoms with E-state index in [4.69, 9.17) is 0 Å². The summed E-state index contributed by atoms with van der Waals surface area (Å²) in [6.07, 6.45) is 4.27. The van der Waals surface area contributed by atoms with Crippen LogP contribution in [0.4, 0.5) is 13.6 Å². The molecule has 2 atom stereocenters. The number of carbonyl (C=O) groups excluding carboxylic acids is 1. The van der Waals surface area contributed by atoms with Crippen LogP contribution in [0.5, 0.6) is 0 Å². The molecule has 0 radical (unpaired) electrons. The number of nitrogens with zero attached hydrogens (tertiary/aromatic N) is 3.